The number of nitrogens with one attached hydrogen (secondary N) is 2. The largest absolute Gasteiger partial charge is 0.480 e. The Morgan fingerprint density at radius 2 is 1.78 bits per heavy atom. The van der Waals surface area contributed by atoms with Gasteiger partial charge >= 0.3 is 5.97 Å². The molecule has 1 heterocycles. The van der Waals surface area contributed by atoms with Crippen LogP contribution in [0.15, 0.2) is 65.5 Å². The maximum absolute atomic E-state index is 12.4. The maximum Gasteiger partial charge on any atom is 0.328 e. The van der Waals surface area contributed by atoms with Crippen LogP contribution in [0.4, 0.5) is 0 Å². The monoisotopic (exact) mass is 366 g/mol. The van der Waals surface area contributed by atoms with Crippen LogP contribution in [0.1, 0.15) is 15.9 Å². The Labute approximate surface area is 154 Å². The Morgan fingerprint density at radius 1 is 1.07 bits per heavy atom. The van der Waals surface area contributed by atoms with E-state index in [4.69, 9.17) is 4.74 Å². The van der Waals surface area contributed by atoms with Crippen molar-refractivity contribution in [2.75, 3.05) is 6.61 Å². The van der Waals surface area contributed by atoms with Gasteiger partial charge < -0.3 is 20.1 Å². The minimum absolute atomic E-state index is 0.150. The number of carboxylic acid groups (broad SMARTS) is 1. The Balaban J connectivity index is 1.69. The number of aromatic amines is 1. The summed E-state index contributed by atoms with van der Waals surface area (Å²) in [5, 5.41) is 12.3. The zero-order chi connectivity index (χ0) is 19.2. The third-order valence-corrected chi connectivity index (χ3v) is 4.00. The third-order valence-electron chi connectivity index (χ3n) is 4.00. The molecule has 0 radical (unpaired) electrons. The number of fused-ring (bicyclic) bond motifs is 1. The van der Waals surface area contributed by atoms with Crippen LogP contribution >= 0.6 is 0 Å². The van der Waals surface area contributed by atoms with E-state index < -0.39 is 23.5 Å². The second-order valence-electron chi connectivity index (χ2n) is 5.96. The number of ether oxygens (including phenoxy) is 1. The number of hydrogen-bond acceptors (Lipinski definition) is 4. The number of aliphatic carboxylic acids is 1. The van der Waals surface area contributed by atoms with Gasteiger partial charge in [-0.15, -0.1) is 0 Å². The molecule has 0 aliphatic rings. The summed E-state index contributed by atoms with van der Waals surface area (Å²) in [6, 6.07) is 16.4. The average molecular weight is 366 g/mol. The number of carbonyl (C=O) groups excluding carboxylic acids is 1. The van der Waals surface area contributed by atoms with Crippen LogP contribution in [0.2, 0.25) is 0 Å². The van der Waals surface area contributed by atoms with Gasteiger partial charge in [0.2, 0.25) is 0 Å². The van der Waals surface area contributed by atoms with Gasteiger partial charge in [-0.25, -0.2) is 4.79 Å². The van der Waals surface area contributed by atoms with E-state index in [1.165, 1.54) is 6.07 Å². The highest BCUT2D eigenvalue weighted by molar-refractivity contribution is 5.98. The molecule has 3 rings (SSSR count). The van der Waals surface area contributed by atoms with Gasteiger partial charge in [0.05, 0.1) is 13.2 Å². The highest BCUT2D eigenvalue weighted by Crippen LogP contribution is 2.10. The Bertz CT molecular complexity index is 1010. The van der Waals surface area contributed by atoms with E-state index >= 15 is 0 Å². The van der Waals surface area contributed by atoms with Crippen molar-refractivity contribution >= 4 is 22.8 Å². The van der Waals surface area contributed by atoms with E-state index in [1.54, 1.807) is 24.3 Å². The molecule has 0 spiro atoms. The molecule has 0 fully saturated rings. The van der Waals surface area contributed by atoms with Crippen LogP contribution in [-0.2, 0) is 16.1 Å². The topological polar surface area (TPSA) is 108 Å². The van der Waals surface area contributed by atoms with Crippen LogP contribution in [0, 0.1) is 0 Å². The molecular formula is C20H18N2O5. The van der Waals surface area contributed by atoms with Gasteiger partial charge in [0.15, 0.2) is 6.04 Å². The van der Waals surface area contributed by atoms with Gasteiger partial charge in [-0.1, -0.05) is 48.5 Å². The van der Waals surface area contributed by atoms with Crippen molar-refractivity contribution in [2.45, 2.75) is 12.6 Å². The Morgan fingerprint density at radius 3 is 2.52 bits per heavy atom. The molecule has 7 nitrogen and oxygen atoms in total. The van der Waals surface area contributed by atoms with Crippen molar-refractivity contribution in [3.8, 4) is 0 Å². The van der Waals surface area contributed by atoms with Crippen molar-refractivity contribution in [3.63, 3.8) is 0 Å². The zero-order valence-corrected chi connectivity index (χ0v) is 14.3. The number of benzene rings is 2. The van der Waals surface area contributed by atoms with E-state index in [0.717, 1.165) is 5.56 Å². The normalized spacial score (nSPS) is 11.9. The van der Waals surface area contributed by atoms with Gasteiger partial charge in [-0.05, 0) is 23.1 Å². The minimum Gasteiger partial charge on any atom is -0.480 e. The second kappa shape index (κ2) is 8.29. The summed E-state index contributed by atoms with van der Waals surface area (Å²) in [4.78, 5) is 38.6. The molecule has 7 heteroatoms. The first kappa shape index (κ1) is 18.3. The van der Waals surface area contributed by atoms with Crippen molar-refractivity contribution in [3.05, 3.63) is 82.1 Å². The van der Waals surface area contributed by atoms with Crippen molar-refractivity contribution < 1.29 is 19.4 Å². The lowest BCUT2D eigenvalue weighted by atomic mass is 10.1. The highest BCUT2D eigenvalue weighted by atomic mass is 16.5. The number of pyridine rings is 1. The quantitative estimate of drug-likeness (QED) is 0.592. The van der Waals surface area contributed by atoms with Crippen LogP contribution in [-0.4, -0.2) is 34.6 Å². The SMILES string of the molecule is O=C(N[C@@H](COCc1ccccc1)C(=O)O)c1cc2ccccc2[nH]c1=O. The number of hydrogen-bond donors (Lipinski definition) is 3. The molecule has 1 aromatic heterocycles. The van der Waals surface area contributed by atoms with Gasteiger partial charge in [-0.2, -0.15) is 0 Å². The summed E-state index contributed by atoms with van der Waals surface area (Å²) in [5.74, 6) is -2.01. The van der Waals surface area contributed by atoms with E-state index in [1.807, 2.05) is 30.3 Å². The smallest absolute Gasteiger partial charge is 0.328 e. The predicted octanol–water partition coefficient (Wildman–Crippen LogP) is 1.93. The number of para-hydroxylation sites is 1. The second-order valence-corrected chi connectivity index (χ2v) is 5.96. The molecule has 1 atom stereocenters. The van der Waals surface area contributed by atoms with E-state index in [0.29, 0.717) is 10.9 Å². The molecule has 138 valence electrons. The standard InChI is InChI=1S/C20H18N2O5/c23-18-15(10-14-8-4-5-9-16(14)21-18)19(24)22-17(20(25)26)12-27-11-13-6-2-1-3-7-13/h1-10,17H,11-12H2,(H,21,23)(H,22,24)(H,25,26)/t17-/m0/s1. The molecule has 1 amide bonds. The summed E-state index contributed by atoms with van der Waals surface area (Å²) in [6.07, 6.45) is 0. The average Bonchev–Trinajstić information content (AvgIpc) is 2.67. The lowest BCUT2D eigenvalue weighted by Crippen LogP contribution is -2.45. The number of carboxylic acids is 1. The predicted molar refractivity (Wildman–Crippen MR) is 99.6 cm³/mol. The molecule has 0 aliphatic heterocycles. The summed E-state index contributed by atoms with van der Waals surface area (Å²) in [5.41, 5.74) is 0.752. The maximum atomic E-state index is 12.4. The van der Waals surface area contributed by atoms with Crippen molar-refractivity contribution in [2.24, 2.45) is 0 Å². The molecule has 27 heavy (non-hydrogen) atoms. The molecule has 0 saturated heterocycles. The van der Waals surface area contributed by atoms with Crippen molar-refractivity contribution in [1.82, 2.24) is 10.3 Å². The third kappa shape index (κ3) is 4.59. The number of rotatable bonds is 7. The van der Waals surface area contributed by atoms with Gasteiger partial charge in [-0.3, -0.25) is 9.59 Å². The fourth-order valence-electron chi connectivity index (χ4n) is 2.60. The fraction of sp³-hybridized carbons (Fsp3) is 0.150. The number of aromatic nitrogens is 1. The fourth-order valence-corrected chi connectivity index (χ4v) is 2.60. The first-order valence-electron chi connectivity index (χ1n) is 8.32. The summed E-state index contributed by atoms with van der Waals surface area (Å²) in [6.45, 7) is -0.00149. The van der Waals surface area contributed by atoms with Crippen LogP contribution in [0.5, 0.6) is 0 Å². The number of carbonyl (C=O) groups is 2. The molecule has 0 bridgehead atoms. The number of amides is 1. The Kier molecular flexibility index (Phi) is 5.63. The van der Waals surface area contributed by atoms with Crippen molar-refractivity contribution in [1.29, 1.82) is 0 Å². The first-order valence-corrected chi connectivity index (χ1v) is 8.32. The van der Waals surface area contributed by atoms with Crippen LogP contribution < -0.4 is 10.9 Å². The zero-order valence-electron chi connectivity index (χ0n) is 14.3. The van der Waals surface area contributed by atoms with Crippen LogP contribution in [0.3, 0.4) is 0 Å². The molecule has 0 aliphatic carbocycles. The number of H-pyrrole nitrogens is 1. The van der Waals surface area contributed by atoms with Gasteiger partial charge in [0.25, 0.3) is 11.5 Å². The summed E-state index contributed by atoms with van der Waals surface area (Å²) in [7, 11) is 0. The van der Waals surface area contributed by atoms with E-state index in [-0.39, 0.29) is 18.8 Å². The lowest BCUT2D eigenvalue weighted by molar-refractivity contribution is -0.141. The van der Waals surface area contributed by atoms with E-state index in [2.05, 4.69) is 10.3 Å². The van der Waals surface area contributed by atoms with Crippen LogP contribution in [0.25, 0.3) is 10.9 Å². The minimum atomic E-state index is -1.27. The molecular weight excluding hydrogens is 348 g/mol. The molecule has 3 aromatic rings. The summed E-state index contributed by atoms with van der Waals surface area (Å²) < 4.78 is 5.40. The molecule has 0 saturated carbocycles. The van der Waals surface area contributed by atoms with Gasteiger partial charge in [0, 0.05) is 5.52 Å². The highest BCUT2D eigenvalue weighted by Gasteiger charge is 2.22. The van der Waals surface area contributed by atoms with E-state index in [9.17, 15) is 19.5 Å². The van der Waals surface area contributed by atoms with Gasteiger partial charge in [0.1, 0.15) is 5.56 Å². The molecule has 3 N–H and O–H groups in total. The first-order chi connectivity index (χ1) is 13.0. The molecule has 2 aromatic carbocycles. The molecule has 0 unspecified atom stereocenters. The Hall–Kier alpha value is -3.45. The lowest BCUT2D eigenvalue weighted by Gasteiger charge is -2.15. The summed E-state index contributed by atoms with van der Waals surface area (Å²) >= 11 is 0.